The molecule has 4 heterocycles. The van der Waals surface area contributed by atoms with Crippen LogP contribution in [0.5, 0.6) is 0 Å². The van der Waals surface area contributed by atoms with Crippen molar-refractivity contribution < 1.29 is 28.3 Å². The zero-order chi connectivity index (χ0) is 27.0. The third-order valence-electron chi connectivity index (χ3n) is 8.20. The van der Waals surface area contributed by atoms with Gasteiger partial charge in [0.2, 0.25) is 0 Å². The summed E-state index contributed by atoms with van der Waals surface area (Å²) in [6.07, 6.45) is 2.15. The van der Waals surface area contributed by atoms with Gasteiger partial charge < -0.3 is 23.5 Å². The van der Waals surface area contributed by atoms with E-state index in [1.165, 1.54) is 0 Å². The zero-order valence-electron chi connectivity index (χ0n) is 23.8. The molecule has 0 radical (unpaired) electrons. The van der Waals surface area contributed by atoms with Gasteiger partial charge in [-0.2, -0.15) is 0 Å². The Morgan fingerprint density at radius 2 is 1.73 bits per heavy atom. The molecule has 1 aliphatic carbocycles. The summed E-state index contributed by atoms with van der Waals surface area (Å²) >= 11 is 0. The molecule has 2 saturated heterocycles. The minimum atomic E-state index is -0.734. The minimum absolute atomic E-state index is 0.0689. The highest BCUT2D eigenvalue weighted by Crippen LogP contribution is 2.46. The number of carbonyl (C=O) groups is 1. The van der Waals surface area contributed by atoms with E-state index in [9.17, 15) is 4.79 Å². The van der Waals surface area contributed by atoms with Gasteiger partial charge in [-0.15, -0.1) is 0 Å². The van der Waals surface area contributed by atoms with Crippen LogP contribution in [0.3, 0.4) is 0 Å². The highest BCUT2D eigenvalue weighted by Gasteiger charge is 2.54. The molecule has 3 aliphatic rings. The van der Waals surface area contributed by atoms with E-state index in [-0.39, 0.29) is 11.8 Å². The Morgan fingerprint density at radius 3 is 2.30 bits per heavy atom. The van der Waals surface area contributed by atoms with Crippen LogP contribution < -0.4 is 5.59 Å². The van der Waals surface area contributed by atoms with Crippen molar-refractivity contribution in [3.8, 4) is 0 Å². The molecule has 3 fully saturated rings. The molecule has 1 spiro atoms. The molecular formula is C28H41BN2O6. The number of pyridine rings is 1. The van der Waals surface area contributed by atoms with Crippen molar-refractivity contribution in [3.05, 3.63) is 23.4 Å². The van der Waals surface area contributed by atoms with Crippen molar-refractivity contribution in [3.63, 3.8) is 0 Å². The molecule has 37 heavy (non-hydrogen) atoms. The summed E-state index contributed by atoms with van der Waals surface area (Å²) in [5.41, 5.74) is 2.32. The number of hydrogen-bond donors (Lipinski definition) is 0. The van der Waals surface area contributed by atoms with E-state index in [2.05, 4.69) is 13.8 Å². The summed E-state index contributed by atoms with van der Waals surface area (Å²) in [6.45, 7) is 19.2. The highest BCUT2D eigenvalue weighted by atomic mass is 16.7. The molecule has 2 aliphatic heterocycles. The second kappa shape index (κ2) is 8.80. The summed E-state index contributed by atoms with van der Waals surface area (Å²) in [5, 5.41) is 0. The first kappa shape index (κ1) is 26.7. The highest BCUT2D eigenvalue weighted by molar-refractivity contribution is 6.63. The molecule has 0 N–H and O–H groups in total. The maximum absolute atomic E-state index is 13.7. The van der Waals surface area contributed by atoms with Crippen LogP contribution in [0.4, 0.5) is 4.79 Å². The van der Waals surface area contributed by atoms with Crippen molar-refractivity contribution in [1.82, 2.24) is 9.55 Å². The van der Waals surface area contributed by atoms with Crippen LogP contribution in [0.25, 0.3) is 11.0 Å². The van der Waals surface area contributed by atoms with Crippen molar-refractivity contribution in [2.75, 3.05) is 13.2 Å². The smallest absolute Gasteiger partial charge is 0.443 e. The second-order valence-corrected chi connectivity index (χ2v) is 13.0. The molecule has 0 amide bonds. The fourth-order valence-corrected chi connectivity index (χ4v) is 5.69. The van der Waals surface area contributed by atoms with E-state index in [0.29, 0.717) is 24.3 Å². The van der Waals surface area contributed by atoms with E-state index >= 15 is 0 Å². The van der Waals surface area contributed by atoms with Crippen molar-refractivity contribution in [1.29, 1.82) is 0 Å². The molecule has 1 atom stereocenters. The number of fused-ring (bicyclic) bond motifs is 1. The second-order valence-electron chi connectivity index (χ2n) is 13.0. The first-order valence-electron chi connectivity index (χ1n) is 13.6. The molecule has 9 heteroatoms. The van der Waals surface area contributed by atoms with E-state index in [1.54, 1.807) is 4.57 Å². The average Bonchev–Trinajstić information content (AvgIpc) is 3.51. The SMILES string of the molecule is CC(C)c1c(B2OC(C)(C)C(C)(C)O2)n(C(=O)OC(C)(C)C)c2ccc(C3CCC4(C3)OCCO4)nc12. The Bertz CT molecular complexity index is 1190. The number of carbonyl (C=O) groups excluding carboxylic acids is 1. The third-order valence-corrected chi connectivity index (χ3v) is 8.20. The fraction of sp³-hybridized carbons (Fsp3) is 0.714. The Balaban J connectivity index is 1.65. The van der Waals surface area contributed by atoms with Crippen LogP contribution in [-0.4, -0.2) is 58.6 Å². The average molecular weight is 512 g/mol. The number of hydrogen-bond acceptors (Lipinski definition) is 7. The van der Waals surface area contributed by atoms with Crippen LogP contribution in [-0.2, 0) is 23.5 Å². The van der Waals surface area contributed by atoms with Gasteiger partial charge >= 0.3 is 13.2 Å². The van der Waals surface area contributed by atoms with E-state index < -0.39 is 35.8 Å². The summed E-state index contributed by atoms with van der Waals surface area (Å²) in [4.78, 5) is 18.9. The van der Waals surface area contributed by atoms with Gasteiger partial charge in [-0.1, -0.05) is 13.8 Å². The topological polar surface area (TPSA) is 81.0 Å². The minimum Gasteiger partial charge on any atom is -0.443 e. The summed E-state index contributed by atoms with van der Waals surface area (Å²) in [7, 11) is -0.734. The fourth-order valence-electron chi connectivity index (χ4n) is 5.69. The maximum Gasteiger partial charge on any atom is 0.513 e. The number of rotatable bonds is 3. The van der Waals surface area contributed by atoms with Gasteiger partial charge in [-0.25, -0.2) is 4.79 Å². The predicted molar refractivity (Wildman–Crippen MR) is 142 cm³/mol. The number of ether oxygens (including phenoxy) is 3. The molecule has 5 rings (SSSR count). The number of aromatic nitrogens is 2. The molecule has 202 valence electrons. The normalized spacial score (nSPS) is 24.6. The quantitative estimate of drug-likeness (QED) is 0.520. The lowest BCUT2D eigenvalue weighted by atomic mass is 9.78. The zero-order valence-corrected chi connectivity index (χ0v) is 23.8. The van der Waals surface area contributed by atoms with Gasteiger partial charge in [0.05, 0.1) is 41.0 Å². The molecule has 0 bridgehead atoms. The van der Waals surface area contributed by atoms with Gasteiger partial charge in [0.15, 0.2) is 5.79 Å². The first-order chi connectivity index (χ1) is 17.1. The molecule has 8 nitrogen and oxygen atoms in total. The Kier molecular flexibility index (Phi) is 6.34. The molecular weight excluding hydrogens is 471 g/mol. The Morgan fingerprint density at radius 1 is 1.11 bits per heavy atom. The molecule has 0 aromatic carbocycles. The van der Waals surface area contributed by atoms with Crippen LogP contribution in [0.1, 0.15) is 105 Å². The van der Waals surface area contributed by atoms with Crippen LogP contribution in [0, 0.1) is 0 Å². The standard InChI is InChI=1S/C28H41BN2O6/c1-17(2)21-22-20(11-10-19(30-22)18-12-13-28(16-18)33-14-15-34-28)31(24(32)35-25(3,4)5)23(21)29-36-26(6,7)27(8,9)37-29/h10-11,17-18H,12-16H2,1-9H3. The molecule has 2 aromatic rings. The van der Waals surface area contributed by atoms with E-state index in [4.69, 9.17) is 28.5 Å². The van der Waals surface area contributed by atoms with Crippen molar-refractivity contribution in [2.45, 2.75) is 116 Å². The van der Waals surface area contributed by atoms with Crippen LogP contribution in [0.15, 0.2) is 12.1 Å². The molecule has 1 saturated carbocycles. The third kappa shape index (κ3) is 4.62. The van der Waals surface area contributed by atoms with Gasteiger partial charge in [-0.05, 0) is 78.5 Å². The molecule has 2 aromatic heterocycles. The molecule has 1 unspecified atom stereocenters. The van der Waals surface area contributed by atoms with Crippen molar-refractivity contribution in [2.24, 2.45) is 0 Å². The monoisotopic (exact) mass is 512 g/mol. The van der Waals surface area contributed by atoms with Crippen LogP contribution in [0.2, 0.25) is 0 Å². The summed E-state index contributed by atoms with van der Waals surface area (Å²) in [5.74, 6) is -0.176. The summed E-state index contributed by atoms with van der Waals surface area (Å²) in [6, 6.07) is 4.02. The summed E-state index contributed by atoms with van der Waals surface area (Å²) < 4.78 is 32.4. The lowest BCUT2D eigenvalue weighted by Crippen LogP contribution is -2.44. The van der Waals surface area contributed by atoms with Crippen molar-refractivity contribution >= 4 is 29.8 Å². The van der Waals surface area contributed by atoms with Crippen LogP contribution >= 0.6 is 0 Å². The lowest BCUT2D eigenvalue weighted by molar-refractivity contribution is -0.151. The van der Waals surface area contributed by atoms with Gasteiger partial charge in [-0.3, -0.25) is 9.55 Å². The Labute approximate surface area is 220 Å². The predicted octanol–water partition coefficient (Wildman–Crippen LogP) is 5.25. The number of nitrogens with zero attached hydrogens (tertiary/aromatic N) is 2. The largest absolute Gasteiger partial charge is 0.513 e. The van der Waals surface area contributed by atoms with Gasteiger partial charge in [0.1, 0.15) is 5.60 Å². The van der Waals surface area contributed by atoms with E-state index in [0.717, 1.165) is 36.0 Å². The first-order valence-corrected chi connectivity index (χ1v) is 13.6. The van der Waals surface area contributed by atoms with Gasteiger partial charge in [0.25, 0.3) is 0 Å². The lowest BCUT2D eigenvalue weighted by Gasteiger charge is -2.32. The van der Waals surface area contributed by atoms with E-state index in [1.807, 2.05) is 60.6 Å². The van der Waals surface area contributed by atoms with Gasteiger partial charge in [0, 0.05) is 24.5 Å². The Hall–Kier alpha value is -1.94. The maximum atomic E-state index is 13.7.